The van der Waals surface area contributed by atoms with Gasteiger partial charge >= 0.3 is 0 Å². The van der Waals surface area contributed by atoms with E-state index in [4.69, 9.17) is 0 Å². The summed E-state index contributed by atoms with van der Waals surface area (Å²) in [5, 5.41) is 0. The first-order chi connectivity index (χ1) is 5.11. The molecule has 0 fully saturated rings. The number of aromatic nitrogens is 1. The van der Waals surface area contributed by atoms with Crippen molar-refractivity contribution in [2.75, 3.05) is 0 Å². The average Bonchev–Trinajstić information content (AvgIpc) is 1.94. The molecular formula is C7H6BrNO2. The van der Waals surface area contributed by atoms with Crippen molar-refractivity contribution in [2.24, 2.45) is 0 Å². The van der Waals surface area contributed by atoms with E-state index in [0.717, 1.165) is 4.57 Å². The highest BCUT2D eigenvalue weighted by molar-refractivity contribution is 9.10. The molecule has 0 saturated carbocycles. The molecule has 0 aliphatic heterocycles. The van der Waals surface area contributed by atoms with Crippen LogP contribution in [0.2, 0.25) is 0 Å². The van der Waals surface area contributed by atoms with Gasteiger partial charge in [-0.05, 0) is 22.0 Å². The molecule has 1 heterocycles. The smallest absolute Gasteiger partial charge is 0.257 e. The van der Waals surface area contributed by atoms with Crippen LogP contribution in [0.4, 0.5) is 0 Å². The van der Waals surface area contributed by atoms with E-state index in [0.29, 0.717) is 4.47 Å². The van der Waals surface area contributed by atoms with E-state index in [-0.39, 0.29) is 11.5 Å². The summed E-state index contributed by atoms with van der Waals surface area (Å²) in [6, 6.07) is 2.94. The lowest BCUT2D eigenvalue weighted by Gasteiger charge is -1.98. The molecule has 1 aromatic rings. The van der Waals surface area contributed by atoms with E-state index in [1.54, 1.807) is 6.07 Å². The molecule has 1 rings (SSSR count). The third kappa shape index (κ3) is 1.77. The Kier molecular flexibility index (Phi) is 2.24. The van der Waals surface area contributed by atoms with Crippen molar-refractivity contribution in [2.45, 2.75) is 6.92 Å². The number of hydrogen-bond acceptors (Lipinski definition) is 2. The number of nitrogens with zero attached hydrogens (tertiary/aromatic N) is 1. The van der Waals surface area contributed by atoms with E-state index in [1.807, 2.05) is 0 Å². The molecule has 0 amide bonds. The molecule has 3 nitrogen and oxygen atoms in total. The van der Waals surface area contributed by atoms with Gasteiger partial charge in [0.1, 0.15) is 0 Å². The second-order valence-electron chi connectivity index (χ2n) is 2.07. The first kappa shape index (κ1) is 8.20. The lowest BCUT2D eigenvalue weighted by atomic mass is 10.4. The maximum atomic E-state index is 10.9. The maximum Gasteiger partial charge on any atom is 0.257 e. The Morgan fingerprint density at radius 2 is 2.18 bits per heavy atom. The fourth-order valence-electron chi connectivity index (χ4n) is 0.707. The summed E-state index contributed by atoms with van der Waals surface area (Å²) in [6.45, 7) is 1.34. The molecule has 0 spiro atoms. The van der Waals surface area contributed by atoms with E-state index in [2.05, 4.69) is 15.9 Å². The number of carbonyl (C=O) groups is 1. The molecule has 0 aliphatic rings. The van der Waals surface area contributed by atoms with Crippen LogP contribution < -0.4 is 5.56 Å². The molecular weight excluding hydrogens is 210 g/mol. The van der Waals surface area contributed by atoms with Gasteiger partial charge in [-0.2, -0.15) is 0 Å². The van der Waals surface area contributed by atoms with E-state index >= 15 is 0 Å². The van der Waals surface area contributed by atoms with Crippen LogP contribution in [0.5, 0.6) is 0 Å². The van der Waals surface area contributed by atoms with Crippen molar-refractivity contribution in [3.8, 4) is 0 Å². The number of halogens is 1. The van der Waals surface area contributed by atoms with Crippen molar-refractivity contribution in [3.05, 3.63) is 33.2 Å². The molecule has 0 aliphatic carbocycles. The minimum Gasteiger partial charge on any atom is -0.274 e. The first-order valence-corrected chi connectivity index (χ1v) is 3.80. The zero-order chi connectivity index (χ0) is 8.43. The molecule has 0 bridgehead atoms. The van der Waals surface area contributed by atoms with Gasteiger partial charge in [-0.15, -0.1) is 0 Å². The predicted molar refractivity (Wildman–Crippen MR) is 44.7 cm³/mol. The van der Waals surface area contributed by atoms with Crippen LogP contribution in [-0.2, 0) is 0 Å². The zero-order valence-electron chi connectivity index (χ0n) is 5.87. The predicted octanol–water partition coefficient (Wildman–Crippen LogP) is 1.27. The summed E-state index contributed by atoms with van der Waals surface area (Å²) >= 11 is 3.15. The van der Waals surface area contributed by atoms with Gasteiger partial charge in [-0.25, -0.2) is 0 Å². The van der Waals surface area contributed by atoms with Crippen LogP contribution in [0.15, 0.2) is 27.6 Å². The number of rotatable bonds is 0. The highest BCUT2D eigenvalue weighted by Gasteiger charge is 1.99. The molecule has 58 valence electrons. The monoisotopic (exact) mass is 215 g/mol. The van der Waals surface area contributed by atoms with Gasteiger partial charge in [-0.1, -0.05) is 0 Å². The summed E-state index contributed by atoms with van der Waals surface area (Å²) in [5.41, 5.74) is -0.305. The van der Waals surface area contributed by atoms with Crippen molar-refractivity contribution in [1.29, 1.82) is 0 Å². The highest BCUT2D eigenvalue weighted by atomic mass is 79.9. The van der Waals surface area contributed by atoms with Crippen molar-refractivity contribution in [3.63, 3.8) is 0 Å². The minimum absolute atomic E-state index is 0.281. The van der Waals surface area contributed by atoms with E-state index in [1.165, 1.54) is 19.2 Å². The quantitative estimate of drug-likeness (QED) is 0.655. The molecule has 0 aromatic carbocycles. The summed E-state index contributed by atoms with van der Waals surface area (Å²) < 4.78 is 1.76. The zero-order valence-corrected chi connectivity index (χ0v) is 7.46. The lowest BCUT2D eigenvalue weighted by Crippen LogP contribution is -2.22. The van der Waals surface area contributed by atoms with Gasteiger partial charge in [0, 0.05) is 23.7 Å². The minimum atomic E-state index is -0.305. The average molecular weight is 216 g/mol. The highest BCUT2D eigenvalue weighted by Crippen LogP contribution is 2.04. The molecule has 1 aromatic heterocycles. The molecule has 11 heavy (non-hydrogen) atoms. The Morgan fingerprint density at radius 1 is 1.55 bits per heavy atom. The normalized spacial score (nSPS) is 9.64. The standard InChI is InChI=1S/C7H6BrNO2/c1-5(10)9-4-6(8)2-3-7(9)11/h2-4H,1H3. The molecule has 0 saturated heterocycles. The van der Waals surface area contributed by atoms with Crippen molar-refractivity contribution in [1.82, 2.24) is 4.57 Å². The molecule has 0 radical (unpaired) electrons. The van der Waals surface area contributed by atoms with Crippen molar-refractivity contribution < 1.29 is 4.79 Å². The number of hydrogen-bond donors (Lipinski definition) is 0. The Balaban J connectivity index is 3.35. The van der Waals surface area contributed by atoms with Crippen LogP contribution in [0.3, 0.4) is 0 Å². The van der Waals surface area contributed by atoms with Gasteiger partial charge in [0.2, 0.25) is 5.91 Å². The van der Waals surface area contributed by atoms with Crippen LogP contribution in [0, 0.1) is 0 Å². The van der Waals surface area contributed by atoms with Crippen LogP contribution in [-0.4, -0.2) is 10.5 Å². The second-order valence-corrected chi connectivity index (χ2v) is 2.99. The SMILES string of the molecule is CC(=O)n1cc(Br)ccc1=O. The molecule has 4 heteroatoms. The van der Waals surface area contributed by atoms with Crippen molar-refractivity contribution >= 4 is 21.8 Å². The largest absolute Gasteiger partial charge is 0.274 e. The Bertz CT molecular complexity index is 343. The van der Waals surface area contributed by atoms with Gasteiger partial charge < -0.3 is 0 Å². The summed E-state index contributed by atoms with van der Waals surface area (Å²) in [7, 11) is 0. The van der Waals surface area contributed by atoms with Gasteiger partial charge in [0.05, 0.1) is 0 Å². The Morgan fingerprint density at radius 3 is 2.64 bits per heavy atom. The van der Waals surface area contributed by atoms with Crippen LogP contribution >= 0.6 is 15.9 Å². The molecule has 0 unspecified atom stereocenters. The fraction of sp³-hybridized carbons (Fsp3) is 0.143. The fourth-order valence-corrected chi connectivity index (χ4v) is 1.04. The van der Waals surface area contributed by atoms with Gasteiger partial charge in [-0.3, -0.25) is 14.2 Å². The van der Waals surface area contributed by atoms with E-state index < -0.39 is 0 Å². The van der Waals surface area contributed by atoms with Crippen LogP contribution in [0.1, 0.15) is 11.7 Å². The molecule has 0 atom stereocenters. The third-order valence-corrected chi connectivity index (χ3v) is 1.68. The summed E-state index contributed by atoms with van der Waals surface area (Å²) in [5.74, 6) is -0.281. The van der Waals surface area contributed by atoms with Crippen LogP contribution in [0.25, 0.3) is 0 Å². The second kappa shape index (κ2) is 3.00. The van der Waals surface area contributed by atoms with Gasteiger partial charge in [0.25, 0.3) is 5.56 Å². The third-order valence-electron chi connectivity index (χ3n) is 1.21. The number of pyridine rings is 1. The van der Waals surface area contributed by atoms with E-state index in [9.17, 15) is 9.59 Å². The maximum absolute atomic E-state index is 10.9. The molecule has 0 N–H and O–H groups in total. The number of carbonyl (C=O) groups excluding carboxylic acids is 1. The summed E-state index contributed by atoms with van der Waals surface area (Å²) in [6.07, 6.45) is 1.45. The Labute approximate surface area is 71.8 Å². The lowest BCUT2D eigenvalue weighted by molar-refractivity contribution is 0.0932. The summed E-state index contributed by atoms with van der Waals surface area (Å²) in [4.78, 5) is 21.7. The first-order valence-electron chi connectivity index (χ1n) is 3.00. The van der Waals surface area contributed by atoms with Gasteiger partial charge in [0.15, 0.2) is 0 Å². The topological polar surface area (TPSA) is 39.1 Å². The Hall–Kier alpha value is -0.900.